The lowest BCUT2D eigenvalue weighted by molar-refractivity contribution is -0.0792. The molecule has 3 heterocycles. The molecule has 1 N–H and O–H groups in total. The number of para-hydroxylation sites is 1. The molecule has 11 heteroatoms. The Labute approximate surface area is 173 Å². The Morgan fingerprint density at radius 2 is 2.03 bits per heavy atom. The van der Waals surface area contributed by atoms with Crippen LogP contribution in [-0.2, 0) is 0 Å². The number of fused-ring (bicyclic) bond motifs is 1. The van der Waals surface area contributed by atoms with Gasteiger partial charge in [-0.05, 0) is 18.2 Å². The molecule has 1 aromatic carbocycles. The van der Waals surface area contributed by atoms with Gasteiger partial charge in [0.25, 0.3) is 5.91 Å². The molecule has 31 heavy (non-hydrogen) atoms. The number of carbonyl (C=O) groups excluding carboxylic acids is 1. The minimum Gasteiger partial charge on any atom is -0.496 e. The predicted molar refractivity (Wildman–Crippen MR) is 107 cm³/mol. The lowest BCUT2D eigenvalue weighted by Crippen LogP contribution is -2.12. The van der Waals surface area contributed by atoms with Crippen molar-refractivity contribution in [1.29, 1.82) is 0 Å². The van der Waals surface area contributed by atoms with Crippen molar-refractivity contribution < 1.29 is 22.7 Å². The van der Waals surface area contributed by atoms with E-state index in [-0.39, 0.29) is 23.0 Å². The summed E-state index contributed by atoms with van der Waals surface area (Å²) in [5.41, 5.74) is 1.46. The number of nitrogens with zero attached hydrogens (tertiary/aromatic N) is 5. The molecule has 0 unspecified atom stereocenters. The highest BCUT2D eigenvalue weighted by atomic mass is 19.4. The van der Waals surface area contributed by atoms with E-state index in [0.29, 0.717) is 17.0 Å². The summed E-state index contributed by atoms with van der Waals surface area (Å²) in [6.45, 7) is 0. The topological polar surface area (TPSA) is 86.3 Å². The molecule has 1 amide bonds. The first-order valence-electron chi connectivity index (χ1n) is 8.94. The van der Waals surface area contributed by atoms with Gasteiger partial charge in [-0.2, -0.15) is 23.4 Å². The van der Waals surface area contributed by atoms with Gasteiger partial charge in [-0.3, -0.25) is 4.79 Å². The maximum Gasteiger partial charge on any atom is 0.411 e. The molecule has 3 aromatic heterocycles. The van der Waals surface area contributed by atoms with Gasteiger partial charge in [0, 0.05) is 30.2 Å². The second-order valence-corrected chi connectivity index (χ2v) is 6.33. The first-order valence-corrected chi connectivity index (χ1v) is 8.94. The highest BCUT2D eigenvalue weighted by Crippen LogP contribution is 2.34. The molecule has 0 aliphatic carbocycles. The van der Waals surface area contributed by atoms with Crippen LogP contribution >= 0.6 is 0 Å². The maximum absolute atomic E-state index is 12.9. The van der Waals surface area contributed by atoms with E-state index in [0.717, 1.165) is 10.9 Å². The molecule has 0 radical (unpaired) electrons. The molecule has 4 rings (SSSR count). The monoisotopic (exact) mass is 428 g/mol. The van der Waals surface area contributed by atoms with Crippen molar-refractivity contribution in [1.82, 2.24) is 24.4 Å². The van der Waals surface area contributed by atoms with Crippen molar-refractivity contribution >= 4 is 23.4 Å². The lowest BCUT2D eigenvalue weighted by Gasteiger charge is -2.08. The zero-order valence-electron chi connectivity index (χ0n) is 16.0. The summed E-state index contributed by atoms with van der Waals surface area (Å²) in [5.74, 6) is -0.0927. The van der Waals surface area contributed by atoms with E-state index in [9.17, 15) is 18.0 Å². The summed E-state index contributed by atoms with van der Waals surface area (Å²) in [4.78, 5) is 17.0. The second kappa shape index (κ2) is 7.94. The van der Waals surface area contributed by atoms with Gasteiger partial charge < -0.3 is 10.1 Å². The van der Waals surface area contributed by atoms with E-state index in [1.54, 1.807) is 36.5 Å². The fraction of sp³-hybridized carbons (Fsp3) is 0.100. The van der Waals surface area contributed by atoms with Crippen LogP contribution < -0.4 is 10.1 Å². The molecule has 0 fully saturated rings. The number of hydrogen-bond acceptors (Lipinski definition) is 5. The number of amides is 1. The second-order valence-electron chi connectivity index (χ2n) is 6.33. The third kappa shape index (κ3) is 4.25. The minimum atomic E-state index is -4.51. The minimum absolute atomic E-state index is 0.0484. The van der Waals surface area contributed by atoms with Crippen molar-refractivity contribution in [3.63, 3.8) is 0 Å². The van der Waals surface area contributed by atoms with Crippen LogP contribution in [0.5, 0.6) is 5.75 Å². The van der Waals surface area contributed by atoms with Gasteiger partial charge in [-0.25, -0.2) is 14.2 Å². The normalized spacial score (nSPS) is 11.9. The average molecular weight is 428 g/mol. The largest absolute Gasteiger partial charge is 0.496 e. The van der Waals surface area contributed by atoms with Gasteiger partial charge in [0.1, 0.15) is 17.0 Å². The summed E-state index contributed by atoms with van der Waals surface area (Å²) >= 11 is 0. The van der Waals surface area contributed by atoms with Crippen LogP contribution in [0, 0.1) is 0 Å². The van der Waals surface area contributed by atoms with E-state index in [1.165, 1.54) is 30.2 Å². The van der Waals surface area contributed by atoms with Gasteiger partial charge in [0.2, 0.25) is 0 Å². The van der Waals surface area contributed by atoms with E-state index in [4.69, 9.17) is 4.74 Å². The first-order chi connectivity index (χ1) is 14.9. The molecule has 0 aliphatic rings. The van der Waals surface area contributed by atoms with E-state index in [1.807, 2.05) is 0 Å². The van der Waals surface area contributed by atoms with Crippen LogP contribution in [-0.4, -0.2) is 43.6 Å². The molecule has 0 bridgehead atoms. The first kappa shape index (κ1) is 20.1. The van der Waals surface area contributed by atoms with E-state index < -0.39 is 12.1 Å². The van der Waals surface area contributed by atoms with Crippen molar-refractivity contribution in [2.45, 2.75) is 6.18 Å². The number of hydrogen-bond donors (Lipinski definition) is 1. The van der Waals surface area contributed by atoms with Crippen LogP contribution in [0.2, 0.25) is 0 Å². The summed E-state index contributed by atoms with van der Waals surface area (Å²) in [7, 11) is 1.46. The van der Waals surface area contributed by atoms with Gasteiger partial charge in [0.15, 0.2) is 5.65 Å². The molecule has 0 saturated carbocycles. The summed E-state index contributed by atoms with van der Waals surface area (Å²) < 4.78 is 45.5. The number of carbonyl (C=O) groups is 1. The number of methoxy groups -OCH3 is 1. The molecular weight excluding hydrogens is 413 g/mol. The SMILES string of the molecule is COc1ccccc1-c1nn(C=CC(F)(F)F)cc1NC(=O)c1cnn2cccnc12. The van der Waals surface area contributed by atoms with Crippen LogP contribution in [0.15, 0.2) is 61.2 Å². The fourth-order valence-electron chi connectivity index (χ4n) is 2.94. The number of ether oxygens (including phenoxy) is 1. The fourth-order valence-corrected chi connectivity index (χ4v) is 2.94. The Hall–Kier alpha value is -4.15. The summed E-state index contributed by atoms with van der Waals surface area (Å²) in [6.07, 6.45) is 2.09. The number of allylic oxidation sites excluding steroid dienone is 1. The molecule has 4 aromatic rings. The Bertz CT molecular complexity index is 1280. The van der Waals surface area contributed by atoms with Gasteiger partial charge in [-0.1, -0.05) is 12.1 Å². The van der Waals surface area contributed by atoms with Crippen LogP contribution in [0.4, 0.5) is 18.9 Å². The Morgan fingerprint density at radius 3 is 2.81 bits per heavy atom. The number of nitrogens with one attached hydrogen (secondary N) is 1. The number of halogens is 3. The van der Waals surface area contributed by atoms with Crippen LogP contribution in [0.25, 0.3) is 23.1 Å². The molecule has 0 atom stereocenters. The van der Waals surface area contributed by atoms with Crippen molar-refractivity contribution in [2.75, 3.05) is 12.4 Å². The molecule has 0 aliphatic heterocycles. The maximum atomic E-state index is 12.9. The zero-order valence-corrected chi connectivity index (χ0v) is 16.0. The van der Waals surface area contributed by atoms with E-state index in [2.05, 4.69) is 20.5 Å². The zero-order chi connectivity index (χ0) is 22.0. The molecule has 158 valence electrons. The number of alkyl halides is 3. The average Bonchev–Trinajstić information content (AvgIpc) is 3.36. The standard InChI is InChI=1S/C20H15F3N6O2/c1-31-16-6-3-2-5-13(16)17-15(12-28(27-17)10-7-20(21,22)23)26-19(30)14-11-25-29-9-4-8-24-18(14)29/h2-12H,1H3,(H,26,30). The Kier molecular flexibility index (Phi) is 5.15. The van der Waals surface area contributed by atoms with Crippen molar-refractivity contribution in [2.24, 2.45) is 0 Å². The Balaban J connectivity index is 1.75. The molecule has 0 saturated heterocycles. The quantitative estimate of drug-likeness (QED) is 0.521. The van der Waals surface area contributed by atoms with Crippen LogP contribution in [0.3, 0.4) is 0 Å². The summed E-state index contributed by atoms with van der Waals surface area (Å²) in [5, 5.41) is 10.9. The van der Waals surface area contributed by atoms with Crippen LogP contribution in [0.1, 0.15) is 10.4 Å². The van der Waals surface area contributed by atoms with Gasteiger partial charge in [-0.15, -0.1) is 0 Å². The summed E-state index contributed by atoms with van der Waals surface area (Å²) in [6, 6.07) is 8.50. The Morgan fingerprint density at radius 1 is 1.23 bits per heavy atom. The van der Waals surface area contributed by atoms with Crippen molar-refractivity contribution in [3.8, 4) is 17.0 Å². The number of aromatic nitrogens is 5. The smallest absolute Gasteiger partial charge is 0.411 e. The highest BCUT2D eigenvalue weighted by molar-refractivity contribution is 6.09. The third-order valence-electron chi connectivity index (χ3n) is 4.28. The van der Waals surface area contributed by atoms with Gasteiger partial charge >= 0.3 is 6.18 Å². The third-order valence-corrected chi connectivity index (χ3v) is 4.28. The molecular formula is C20H15F3N6O2. The molecule has 8 nitrogen and oxygen atoms in total. The number of benzene rings is 1. The number of rotatable bonds is 5. The lowest BCUT2D eigenvalue weighted by atomic mass is 10.1. The highest BCUT2D eigenvalue weighted by Gasteiger charge is 2.23. The number of anilines is 1. The predicted octanol–water partition coefficient (Wildman–Crippen LogP) is 3.89. The molecule has 0 spiro atoms. The van der Waals surface area contributed by atoms with Gasteiger partial charge in [0.05, 0.1) is 25.2 Å². The van der Waals surface area contributed by atoms with E-state index >= 15 is 0 Å². The van der Waals surface area contributed by atoms with Crippen molar-refractivity contribution in [3.05, 3.63) is 66.8 Å².